The molecular formula is C18H23N. The first-order valence-corrected chi connectivity index (χ1v) is 6.81. The number of anilines is 1. The standard InChI is InChI=1S/C18H23N/c1-13-11-15(18(2,3)4)9-10-17(13)14-7-6-8-16(12-14)19-5/h6-12,19H,1-5H3. The van der Waals surface area contributed by atoms with Gasteiger partial charge in [-0.3, -0.25) is 0 Å². The Bertz CT molecular complexity index is 576. The quantitative estimate of drug-likeness (QED) is 0.794. The van der Waals surface area contributed by atoms with E-state index in [2.05, 4.69) is 75.5 Å². The van der Waals surface area contributed by atoms with Crippen LogP contribution in [0.5, 0.6) is 0 Å². The molecule has 0 spiro atoms. The maximum atomic E-state index is 3.19. The van der Waals surface area contributed by atoms with Gasteiger partial charge in [-0.25, -0.2) is 0 Å². The highest BCUT2D eigenvalue weighted by atomic mass is 14.8. The molecule has 1 nitrogen and oxygen atoms in total. The van der Waals surface area contributed by atoms with Gasteiger partial charge in [-0.2, -0.15) is 0 Å². The summed E-state index contributed by atoms with van der Waals surface area (Å²) in [5.41, 5.74) is 6.65. The van der Waals surface area contributed by atoms with E-state index in [0.29, 0.717) is 0 Å². The van der Waals surface area contributed by atoms with Crippen molar-refractivity contribution in [2.75, 3.05) is 12.4 Å². The van der Waals surface area contributed by atoms with Crippen molar-refractivity contribution in [1.82, 2.24) is 0 Å². The molecule has 0 saturated carbocycles. The average Bonchev–Trinajstić information content (AvgIpc) is 2.37. The zero-order valence-corrected chi connectivity index (χ0v) is 12.5. The summed E-state index contributed by atoms with van der Waals surface area (Å²) in [4.78, 5) is 0. The first kappa shape index (κ1) is 13.7. The number of hydrogen-bond acceptors (Lipinski definition) is 1. The van der Waals surface area contributed by atoms with E-state index in [0.717, 1.165) is 5.69 Å². The minimum atomic E-state index is 0.204. The van der Waals surface area contributed by atoms with E-state index in [1.165, 1.54) is 22.3 Å². The summed E-state index contributed by atoms with van der Waals surface area (Å²) in [5.74, 6) is 0. The van der Waals surface area contributed by atoms with Crippen molar-refractivity contribution < 1.29 is 0 Å². The molecule has 0 aliphatic heterocycles. The second-order valence-corrected chi connectivity index (χ2v) is 6.11. The number of benzene rings is 2. The van der Waals surface area contributed by atoms with E-state index in [-0.39, 0.29) is 5.41 Å². The van der Waals surface area contributed by atoms with Crippen LogP contribution in [0.1, 0.15) is 31.9 Å². The van der Waals surface area contributed by atoms with Crippen molar-refractivity contribution >= 4 is 5.69 Å². The fraction of sp³-hybridized carbons (Fsp3) is 0.333. The van der Waals surface area contributed by atoms with Gasteiger partial charge in [0.2, 0.25) is 0 Å². The van der Waals surface area contributed by atoms with Gasteiger partial charge >= 0.3 is 0 Å². The van der Waals surface area contributed by atoms with Crippen LogP contribution in [0.15, 0.2) is 42.5 Å². The van der Waals surface area contributed by atoms with Crippen LogP contribution in [-0.4, -0.2) is 7.05 Å². The summed E-state index contributed by atoms with van der Waals surface area (Å²) in [6.45, 7) is 8.95. The Hall–Kier alpha value is -1.76. The fourth-order valence-electron chi connectivity index (χ4n) is 2.30. The summed E-state index contributed by atoms with van der Waals surface area (Å²) in [5, 5.41) is 3.19. The van der Waals surface area contributed by atoms with Gasteiger partial charge in [0.05, 0.1) is 0 Å². The summed E-state index contributed by atoms with van der Waals surface area (Å²) in [6.07, 6.45) is 0. The molecule has 1 N–H and O–H groups in total. The van der Waals surface area contributed by atoms with E-state index < -0.39 is 0 Å². The summed E-state index contributed by atoms with van der Waals surface area (Å²) >= 11 is 0. The van der Waals surface area contributed by atoms with Crippen LogP contribution in [0, 0.1) is 6.92 Å². The molecule has 0 atom stereocenters. The van der Waals surface area contributed by atoms with Crippen molar-refractivity contribution in [2.45, 2.75) is 33.1 Å². The molecule has 0 fully saturated rings. The molecule has 0 radical (unpaired) electrons. The lowest BCUT2D eigenvalue weighted by molar-refractivity contribution is 0.590. The van der Waals surface area contributed by atoms with Gasteiger partial charge in [-0.05, 0) is 46.7 Å². The third-order valence-electron chi connectivity index (χ3n) is 3.55. The van der Waals surface area contributed by atoms with Crippen LogP contribution < -0.4 is 5.32 Å². The van der Waals surface area contributed by atoms with Gasteiger partial charge in [0, 0.05) is 12.7 Å². The minimum absolute atomic E-state index is 0.204. The number of rotatable bonds is 2. The summed E-state index contributed by atoms with van der Waals surface area (Å²) in [6, 6.07) is 15.3. The lowest BCUT2D eigenvalue weighted by Crippen LogP contribution is -2.11. The van der Waals surface area contributed by atoms with Crippen LogP contribution in [0.25, 0.3) is 11.1 Å². The highest BCUT2D eigenvalue weighted by Crippen LogP contribution is 2.30. The Morgan fingerprint density at radius 3 is 2.26 bits per heavy atom. The molecule has 2 rings (SSSR count). The SMILES string of the molecule is CNc1cccc(-c2ccc(C(C)(C)C)cc2C)c1. The maximum absolute atomic E-state index is 3.19. The van der Waals surface area contributed by atoms with Gasteiger partial charge in [-0.1, -0.05) is 51.1 Å². The summed E-state index contributed by atoms with van der Waals surface area (Å²) in [7, 11) is 1.95. The smallest absolute Gasteiger partial charge is 0.0343 e. The highest BCUT2D eigenvalue weighted by Gasteiger charge is 2.14. The van der Waals surface area contributed by atoms with E-state index in [1.807, 2.05) is 7.05 Å². The molecule has 0 aliphatic rings. The minimum Gasteiger partial charge on any atom is -0.388 e. The molecule has 1 heteroatoms. The first-order chi connectivity index (χ1) is 8.91. The lowest BCUT2D eigenvalue weighted by atomic mass is 9.84. The summed E-state index contributed by atoms with van der Waals surface area (Å²) < 4.78 is 0. The van der Waals surface area contributed by atoms with E-state index in [1.54, 1.807) is 0 Å². The molecule has 2 aromatic rings. The molecule has 19 heavy (non-hydrogen) atoms. The Labute approximate surface area is 116 Å². The van der Waals surface area contributed by atoms with Crippen molar-refractivity contribution in [1.29, 1.82) is 0 Å². The van der Waals surface area contributed by atoms with Crippen molar-refractivity contribution in [3.05, 3.63) is 53.6 Å². The Kier molecular flexibility index (Phi) is 3.66. The highest BCUT2D eigenvalue weighted by molar-refractivity contribution is 5.71. The predicted octanol–water partition coefficient (Wildman–Crippen LogP) is 5.00. The third kappa shape index (κ3) is 2.98. The third-order valence-corrected chi connectivity index (χ3v) is 3.55. The molecular weight excluding hydrogens is 230 g/mol. The second kappa shape index (κ2) is 5.08. The van der Waals surface area contributed by atoms with Crippen LogP contribution in [0.2, 0.25) is 0 Å². The Morgan fingerprint density at radius 2 is 1.68 bits per heavy atom. The topological polar surface area (TPSA) is 12.0 Å². The van der Waals surface area contributed by atoms with Crippen LogP contribution >= 0.6 is 0 Å². The number of aryl methyl sites for hydroxylation is 1. The number of hydrogen-bond donors (Lipinski definition) is 1. The first-order valence-electron chi connectivity index (χ1n) is 6.81. The monoisotopic (exact) mass is 253 g/mol. The van der Waals surface area contributed by atoms with Crippen LogP contribution in [-0.2, 0) is 5.41 Å². The van der Waals surface area contributed by atoms with E-state index in [9.17, 15) is 0 Å². The number of nitrogens with one attached hydrogen (secondary N) is 1. The Balaban J connectivity index is 2.46. The van der Waals surface area contributed by atoms with Gasteiger partial charge < -0.3 is 5.32 Å². The van der Waals surface area contributed by atoms with Crippen molar-refractivity contribution in [2.24, 2.45) is 0 Å². The normalized spacial score (nSPS) is 11.4. The maximum Gasteiger partial charge on any atom is 0.0343 e. The fourth-order valence-corrected chi connectivity index (χ4v) is 2.30. The second-order valence-electron chi connectivity index (χ2n) is 6.11. The molecule has 0 amide bonds. The van der Waals surface area contributed by atoms with Gasteiger partial charge in [-0.15, -0.1) is 0 Å². The largest absolute Gasteiger partial charge is 0.388 e. The van der Waals surface area contributed by atoms with Gasteiger partial charge in [0.1, 0.15) is 0 Å². The molecule has 0 heterocycles. The van der Waals surface area contributed by atoms with Crippen molar-refractivity contribution in [3.63, 3.8) is 0 Å². The van der Waals surface area contributed by atoms with Crippen LogP contribution in [0.3, 0.4) is 0 Å². The molecule has 100 valence electrons. The van der Waals surface area contributed by atoms with Crippen molar-refractivity contribution in [3.8, 4) is 11.1 Å². The molecule has 0 aromatic heterocycles. The lowest BCUT2D eigenvalue weighted by Gasteiger charge is -2.20. The molecule has 0 unspecified atom stereocenters. The van der Waals surface area contributed by atoms with Gasteiger partial charge in [0.15, 0.2) is 0 Å². The molecule has 2 aromatic carbocycles. The zero-order chi connectivity index (χ0) is 14.0. The Morgan fingerprint density at radius 1 is 0.947 bits per heavy atom. The zero-order valence-electron chi connectivity index (χ0n) is 12.5. The predicted molar refractivity (Wildman–Crippen MR) is 84.9 cm³/mol. The molecule has 0 saturated heterocycles. The molecule has 0 bridgehead atoms. The van der Waals surface area contributed by atoms with Crippen LogP contribution in [0.4, 0.5) is 5.69 Å². The van der Waals surface area contributed by atoms with E-state index >= 15 is 0 Å². The van der Waals surface area contributed by atoms with Gasteiger partial charge in [0.25, 0.3) is 0 Å². The van der Waals surface area contributed by atoms with E-state index in [4.69, 9.17) is 0 Å². The molecule has 0 aliphatic carbocycles. The average molecular weight is 253 g/mol.